The van der Waals surface area contributed by atoms with Crippen LogP contribution in [0, 0.1) is 10.1 Å². The van der Waals surface area contributed by atoms with Gasteiger partial charge in [0.25, 0.3) is 0 Å². The lowest BCUT2D eigenvalue weighted by molar-refractivity contribution is -0.618. The SMILES string of the molecule is CC(=O)C(=O)[C@](O)([C@@H](O)[C@H](O)[C@H](O)CO)[N+](=O)[O-]. The van der Waals surface area contributed by atoms with E-state index < -0.39 is 47.1 Å². The smallest absolute Gasteiger partial charge is 0.394 e. The minimum Gasteiger partial charge on any atom is -0.394 e. The first-order chi connectivity index (χ1) is 8.10. The van der Waals surface area contributed by atoms with Gasteiger partial charge in [-0.3, -0.25) is 19.7 Å². The molecular weight excluding hydrogens is 254 g/mol. The zero-order valence-electron chi connectivity index (χ0n) is 9.26. The van der Waals surface area contributed by atoms with Crippen molar-refractivity contribution in [3.05, 3.63) is 10.1 Å². The normalized spacial score (nSPS) is 19.4. The Kier molecular flexibility index (Phi) is 5.45. The van der Waals surface area contributed by atoms with Gasteiger partial charge in [0, 0.05) is 6.92 Å². The van der Waals surface area contributed by atoms with E-state index in [0.717, 1.165) is 0 Å². The van der Waals surface area contributed by atoms with Gasteiger partial charge in [-0.2, -0.15) is 0 Å². The lowest BCUT2D eigenvalue weighted by Gasteiger charge is -2.27. The summed E-state index contributed by atoms with van der Waals surface area (Å²) in [5.74, 6) is -3.37. The fourth-order valence-corrected chi connectivity index (χ4v) is 1.14. The highest BCUT2D eigenvalue weighted by Gasteiger charge is 2.60. The predicted octanol–water partition coefficient (Wildman–Crippen LogP) is -3.82. The third-order valence-electron chi connectivity index (χ3n) is 2.25. The van der Waals surface area contributed by atoms with Gasteiger partial charge in [0.15, 0.2) is 6.10 Å². The van der Waals surface area contributed by atoms with Crippen LogP contribution in [0.25, 0.3) is 0 Å². The minimum atomic E-state index is -3.79. The van der Waals surface area contributed by atoms with Crippen LogP contribution in [0.3, 0.4) is 0 Å². The molecule has 0 aromatic carbocycles. The summed E-state index contributed by atoms with van der Waals surface area (Å²) in [6.07, 6.45) is -7.22. The van der Waals surface area contributed by atoms with E-state index >= 15 is 0 Å². The van der Waals surface area contributed by atoms with E-state index in [1.54, 1.807) is 0 Å². The van der Waals surface area contributed by atoms with Crippen LogP contribution in [0.1, 0.15) is 6.92 Å². The van der Waals surface area contributed by atoms with Crippen molar-refractivity contribution in [2.24, 2.45) is 0 Å². The highest BCUT2D eigenvalue weighted by molar-refractivity contribution is 6.38. The van der Waals surface area contributed by atoms with Crippen molar-refractivity contribution in [3.63, 3.8) is 0 Å². The molecule has 10 heteroatoms. The van der Waals surface area contributed by atoms with E-state index in [0.29, 0.717) is 6.92 Å². The summed E-state index contributed by atoms with van der Waals surface area (Å²) in [6.45, 7) is -0.460. The van der Waals surface area contributed by atoms with Gasteiger partial charge >= 0.3 is 11.5 Å². The number of ketones is 2. The Labute approximate surface area is 100 Å². The second-order valence-electron chi connectivity index (χ2n) is 3.55. The van der Waals surface area contributed by atoms with Crippen LogP contribution in [0.15, 0.2) is 0 Å². The maximum atomic E-state index is 11.2. The molecular formula is C8H13NO9. The molecule has 0 aromatic heterocycles. The standard InChI is InChI=1S/C8H13NO9/c1-3(11)6(14)8(16,9(17)18)7(15)5(13)4(12)2-10/h4-5,7,10,12-13,15-16H,2H2,1H3/t4-,5-,7+,8+/m1/s1. The summed E-state index contributed by atoms with van der Waals surface area (Å²) in [7, 11) is 0. The zero-order chi connectivity index (χ0) is 14.7. The molecule has 10 nitrogen and oxygen atoms in total. The van der Waals surface area contributed by atoms with Crippen molar-refractivity contribution in [2.75, 3.05) is 6.61 Å². The van der Waals surface area contributed by atoms with Gasteiger partial charge in [-0.25, -0.2) is 0 Å². The van der Waals surface area contributed by atoms with E-state index in [1.165, 1.54) is 0 Å². The second-order valence-corrected chi connectivity index (χ2v) is 3.55. The Balaban J connectivity index is 5.43. The summed E-state index contributed by atoms with van der Waals surface area (Å²) < 4.78 is 0. The third-order valence-corrected chi connectivity index (χ3v) is 2.25. The van der Waals surface area contributed by atoms with Crippen molar-refractivity contribution in [1.82, 2.24) is 0 Å². The van der Waals surface area contributed by atoms with Crippen LogP contribution >= 0.6 is 0 Å². The van der Waals surface area contributed by atoms with Crippen LogP contribution in [-0.4, -0.2) is 72.7 Å². The molecule has 0 fully saturated rings. The molecule has 0 heterocycles. The van der Waals surface area contributed by atoms with Gasteiger partial charge in [0.2, 0.25) is 5.78 Å². The average Bonchev–Trinajstić information content (AvgIpc) is 2.33. The van der Waals surface area contributed by atoms with Gasteiger partial charge in [-0.05, 0) is 0 Å². The lowest BCUT2D eigenvalue weighted by Crippen LogP contribution is -2.63. The van der Waals surface area contributed by atoms with Crippen molar-refractivity contribution in [1.29, 1.82) is 0 Å². The maximum absolute atomic E-state index is 11.2. The van der Waals surface area contributed by atoms with Crippen LogP contribution in [0.5, 0.6) is 0 Å². The minimum absolute atomic E-state index is 0.623. The molecule has 0 radical (unpaired) electrons. The molecule has 0 aliphatic rings. The fourth-order valence-electron chi connectivity index (χ4n) is 1.14. The Bertz CT molecular complexity index is 356. The first-order valence-electron chi connectivity index (χ1n) is 4.68. The summed E-state index contributed by atoms with van der Waals surface area (Å²) in [5.41, 5.74) is -3.79. The molecule has 104 valence electrons. The van der Waals surface area contributed by atoms with Crippen LogP contribution in [0.4, 0.5) is 0 Å². The number of aliphatic hydroxyl groups is 5. The summed E-state index contributed by atoms with van der Waals surface area (Å²) in [4.78, 5) is 30.9. The number of carbonyl (C=O) groups is 2. The largest absolute Gasteiger partial charge is 0.417 e. The molecule has 0 spiro atoms. The Morgan fingerprint density at radius 3 is 2.06 bits per heavy atom. The van der Waals surface area contributed by atoms with Gasteiger partial charge in [0.1, 0.15) is 12.2 Å². The summed E-state index contributed by atoms with van der Waals surface area (Å²) in [5, 5.41) is 56.0. The molecule has 0 aromatic rings. The zero-order valence-corrected chi connectivity index (χ0v) is 9.26. The quantitative estimate of drug-likeness (QED) is 0.134. The van der Waals surface area contributed by atoms with Gasteiger partial charge in [0.05, 0.1) is 11.5 Å². The fraction of sp³-hybridized carbons (Fsp3) is 0.750. The first-order valence-corrected chi connectivity index (χ1v) is 4.68. The highest BCUT2D eigenvalue weighted by atomic mass is 16.7. The molecule has 0 saturated carbocycles. The predicted molar refractivity (Wildman–Crippen MR) is 52.7 cm³/mol. The van der Waals surface area contributed by atoms with Gasteiger partial charge in [-0.1, -0.05) is 0 Å². The first kappa shape index (κ1) is 16.5. The van der Waals surface area contributed by atoms with Crippen molar-refractivity contribution < 1.29 is 40.0 Å². The topological polar surface area (TPSA) is 178 Å². The third kappa shape index (κ3) is 2.86. The molecule has 4 atom stereocenters. The molecule has 0 aliphatic carbocycles. The van der Waals surface area contributed by atoms with Crippen LogP contribution in [-0.2, 0) is 9.59 Å². The Morgan fingerprint density at radius 2 is 1.78 bits per heavy atom. The molecule has 0 aliphatic heterocycles. The number of aliphatic hydroxyl groups excluding tert-OH is 4. The number of hydrogen-bond acceptors (Lipinski definition) is 9. The second kappa shape index (κ2) is 5.93. The molecule has 5 N–H and O–H groups in total. The van der Waals surface area contributed by atoms with E-state index in [2.05, 4.69) is 0 Å². The molecule has 0 rings (SSSR count). The highest BCUT2D eigenvalue weighted by Crippen LogP contribution is 2.19. The van der Waals surface area contributed by atoms with Gasteiger partial charge in [-0.15, -0.1) is 0 Å². The van der Waals surface area contributed by atoms with E-state index in [4.69, 9.17) is 10.2 Å². The summed E-state index contributed by atoms with van der Waals surface area (Å²) in [6, 6.07) is 0. The van der Waals surface area contributed by atoms with Crippen LogP contribution in [0.2, 0.25) is 0 Å². The molecule has 18 heavy (non-hydrogen) atoms. The van der Waals surface area contributed by atoms with Crippen molar-refractivity contribution in [2.45, 2.75) is 31.0 Å². The molecule has 0 saturated heterocycles. The monoisotopic (exact) mass is 267 g/mol. The number of carbonyl (C=O) groups excluding carboxylic acids is 2. The summed E-state index contributed by atoms with van der Waals surface area (Å²) >= 11 is 0. The van der Waals surface area contributed by atoms with Gasteiger partial charge < -0.3 is 25.5 Å². The Morgan fingerprint density at radius 1 is 1.33 bits per heavy atom. The number of rotatable bonds is 7. The number of Topliss-reactive ketones (excluding diaryl/α,β-unsaturated/α-hetero) is 2. The van der Waals surface area contributed by atoms with E-state index in [1.807, 2.05) is 0 Å². The van der Waals surface area contributed by atoms with E-state index in [-0.39, 0.29) is 0 Å². The number of nitro groups is 1. The number of hydrogen-bond donors (Lipinski definition) is 5. The average molecular weight is 267 g/mol. The Hall–Kier alpha value is -1.46. The lowest BCUT2D eigenvalue weighted by atomic mass is 9.93. The van der Waals surface area contributed by atoms with Crippen LogP contribution < -0.4 is 0 Å². The van der Waals surface area contributed by atoms with Crippen molar-refractivity contribution >= 4 is 11.6 Å². The molecule has 0 unspecified atom stereocenters. The van der Waals surface area contributed by atoms with E-state index in [9.17, 15) is 35.0 Å². The molecule has 0 amide bonds. The number of nitrogens with zero attached hydrogens (tertiary/aromatic N) is 1. The van der Waals surface area contributed by atoms with Crippen molar-refractivity contribution in [3.8, 4) is 0 Å². The maximum Gasteiger partial charge on any atom is 0.417 e. The molecule has 0 bridgehead atoms.